The molecule has 0 amide bonds. The SMILES string of the molecule is CC.Fc1ccc2c(c1)CC2.N/C(=N/O)c1nonc1N. The molecule has 0 aliphatic heterocycles. The summed E-state index contributed by atoms with van der Waals surface area (Å²) < 4.78 is 16.6. The molecule has 0 atom stereocenters. The number of hydrogen-bond acceptors (Lipinski definition) is 6. The molecule has 0 saturated heterocycles. The molecule has 1 heterocycles. The number of aryl methyl sites for hydroxylation is 2. The average Bonchev–Trinajstić information content (AvgIpc) is 2.91. The second-order valence-corrected chi connectivity index (χ2v) is 3.90. The number of aromatic nitrogens is 2. The van der Waals surface area contributed by atoms with Crippen LogP contribution in [0.5, 0.6) is 0 Å². The van der Waals surface area contributed by atoms with Crippen molar-refractivity contribution in [3.05, 3.63) is 40.8 Å². The van der Waals surface area contributed by atoms with Gasteiger partial charge in [0, 0.05) is 0 Å². The number of oxime groups is 1. The normalized spacial score (nSPS) is 12.0. The Morgan fingerprint density at radius 1 is 1.29 bits per heavy atom. The molecule has 2 aromatic rings. The topological polar surface area (TPSA) is 124 Å². The fourth-order valence-corrected chi connectivity index (χ4v) is 1.58. The molecule has 0 spiro atoms. The first kappa shape index (κ1) is 16.4. The van der Waals surface area contributed by atoms with Gasteiger partial charge in [-0.25, -0.2) is 9.02 Å². The van der Waals surface area contributed by atoms with Gasteiger partial charge in [-0.2, -0.15) is 0 Å². The van der Waals surface area contributed by atoms with Crippen LogP contribution in [0.3, 0.4) is 0 Å². The number of fused-ring (bicyclic) bond motifs is 1. The maximum Gasteiger partial charge on any atom is 0.199 e. The Morgan fingerprint density at radius 3 is 2.33 bits per heavy atom. The first-order valence-electron chi connectivity index (χ1n) is 6.45. The molecule has 0 fully saturated rings. The van der Waals surface area contributed by atoms with E-state index < -0.39 is 0 Å². The van der Waals surface area contributed by atoms with E-state index in [4.69, 9.17) is 16.7 Å². The smallest absolute Gasteiger partial charge is 0.199 e. The number of hydrogen-bond donors (Lipinski definition) is 3. The lowest BCUT2D eigenvalue weighted by Crippen LogP contribution is -2.15. The van der Waals surface area contributed by atoms with Gasteiger partial charge in [-0.05, 0) is 46.4 Å². The minimum Gasteiger partial charge on any atom is -0.409 e. The Balaban J connectivity index is 0.000000188. The molecule has 8 heteroatoms. The molecule has 0 bridgehead atoms. The second kappa shape index (κ2) is 7.83. The van der Waals surface area contributed by atoms with Gasteiger partial charge in [-0.3, -0.25) is 0 Å². The Hall–Kier alpha value is -2.64. The third-order valence-electron chi connectivity index (χ3n) is 2.70. The van der Waals surface area contributed by atoms with Gasteiger partial charge in [0.25, 0.3) is 0 Å². The van der Waals surface area contributed by atoms with Gasteiger partial charge in [0.1, 0.15) is 5.82 Å². The number of anilines is 1. The number of nitrogen functional groups attached to an aromatic ring is 1. The number of amidine groups is 1. The van der Waals surface area contributed by atoms with Crippen LogP contribution in [0.15, 0.2) is 28.0 Å². The van der Waals surface area contributed by atoms with E-state index in [2.05, 4.69) is 20.1 Å². The Labute approximate surface area is 121 Å². The summed E-state index contributed by atoms with van der Waals surface area (Å²) in [4.78, 5) is 0. The van der Waals surface area contributed by atoms with Crippen LogP contribution >= 0.6 is 0 Å². The van der Waals surface area contributed by atoms with Crippen LogP contribution in [-0.4, -0.2) is 21.4 Å². The standard InChI is InChI=1S/C8H7F.C3H5N5O2.C2H6/c9-8-4-3-6-1-2-7(6)5-8;4-2(6-9)1-3(5)8-10-7-1;1-2/h3-5H,1-2H2;9H,(H2,4,6)(H2,5,8);1-2H3. The highest BCUT2D eigenvalue weighted by Gasteiger charge is 2.12. The molecular weight excluding hydrogens is 277 g/mol. The fourth-order valence-electron chi connectivity index (χ4n) is 1.58. The molecule has 0 radical (unpaired) electrons. The van der Waals surface area contributed by atoms with Gasteiger partial charge < -0.3 is 16.7 Å². The summed E-state index contributed by atoms with van der Waals surface area (Å²) in [5.74, 6) is -0.331. The summed E-state index contributed by atoms with van der Waals surface area (Å²) in [5, 5.41) is 17.2. The van der Waals surface area contributed by atoms with Crippen LogP contribution in [-0.2, 0) is 12.8 Å². The molecule has 0 saturated carbocycles. The van der Waals surface area contributed by atoms with E-state index in [1.807, 2.05) is 19.9 Å². The highest BCUT2D eigenvalue weighted by Crippen LogP contribution is 2.22. The van der Waals surface area contributed by atoms with Crippen LogP contribution in [0.2, 0.25) is 0 Å². The Morgan fingerprint density at radius 2 is 1.95 bits per heavy atom. The van der Waals surface area contributed by atoms with Crippen molar-refractivity contribution < 1.29 is 14.2 Å². The van der Waals surface area contributed by atoms with Gasteiger partial charge in [0.15, 0.2) is 17.3 Å². The van der Waals surface area contributed by atoms with Crippen LogP contribution < -0.4 is 11.5 Å². The van der Waals surface area contributed by atoms with E-state index in [1.54, 1.807) is 6.07 Å². The number of halogens is 1. The van der Waals surface area contributed by atoms with Crippen molar-refractivity contribution in [2.45, 2.75) is 26.7 Å². The molecule has 3 rings (SSSR count). The van der Waals surface area contributed by atoms with E-state index in [1.165, 1.54) is 17.2 Å². The third kappa shape index (κ3) is 4.16. The Bertz CT molecular complexity index is 612. The van der Waals surface area contributed by atoms with Crippen molar-refractivity contribution in [1.29, 1.82) is 0 Å². The van der Waals surface area contributed by atoms with Crippen LogP contribution in [0.1, 0.15) is 30.7 Å². The van der Waals surface area contributed by atoms with E-state index in [9.17, 15) is 4.39 Å². The zero-order valence-electron chi connectivity index (χ0n) is 11.9. The summed E-state index contributed by atoms with van der Waals surface area (Å²) in [6.07, 6.45) is 2.20. The minimum atomic E-state index is -0.223. The maximum absolute atomic E-state index is 12.4. The molecule has 21 heavy (non-hydrogen) atoms. The van der Waals surface area contributed by atoms with Gasteiger partial charge in [-0.15, -0.1) is 0 Å². The highest BCUT2D eigenvalue weighted by atomic mass is 19.1. The largest absolute Gasteiger partial charge is 0.409 e. The average molecular weight is 295 g/mol. The predicted molar refractivity (Wildman–Crippen MR) is 76.4 cm³/mol. The van der Waals surface area contributed by atoms with Crippen molar-refractivity contribution in [2.75, 3.05) is 5.73 Å². The maximum atomic E-state index is 12.4. The summed E-state index contributed by atoms with van der Waals surface area (Å²) in [7, 11) is 0. The molecule has 7 nitrogen and oxygen atoms in total. The van der Waals surface area contributed by atoms with Crippen LogP contribution in [0, 0.1) is 5.82 Å². The fraction of sp³-hybridized carbons (Fsp3) is 0.308. The summed E-state index contributed by atoms with van der Waals surface area (Å²) in [6, 6.07) is 5.02. The predicted octanol–water partition coefficient (Wildman–Crippen LogP) is 1.70. The van der Waals surface area contributed by atoms with E-state index in [-0.39, 0.29) is 23.2 Å². The molecule has 1 aromatic carbocycles. The van der Waals surface area contributed by atoms with Crippen LogP contribution in [0.4, 0.5) is 10.2 Å². The molecule has 1 aliphatic rings. The third-order valence-corrected chi connectivity index (χ3v) is 2.70. The van der Waals surface area contributed by atoms with Crippen molar-refractivity contribution in [1.82, 2.24) is 10.3 Å². The molecule has 5 N–H and O–H groups in total. The van der Waals surface area contributed by atoms with E-state index >= 15 is 0 Å². The molecule has 114 valence electrons. The first-order valence-corrected chi connectivity index (χ1v) is 6.45. The van der Waals surface area contributed by atoms with E-state index in [0.29, 0.717) is 0 Å². The Kier molecular flexibility index (Phi) is 6.12. The number of rotatable bonds is 1. The zero-order chi connectivity index (χ0) is 15.8. The minimum absolute atomic E-state index is 0.00435. The lowest BCUT2D eigenvalue weighted by atomic mass is 9.89. The number of nitrogens with zero attached hydrogens (tertiary/aromatic N) is 3. The number of nitrogens with two attached hydrogens (primary N) is 2. The highest BCUT2D eigenvalue weighted by molar-refractivity contribution is 5.98. The molecule has 1 aromatic heterocycles. The quantitative estimate of drug-likeness (QED) is 0.318. The van der Waals surface area contributed by atoms with Gasteiger partial charge in [-0.1, -0.05) is 25.1 Å². The lowest BCUT2D eigenvalue weighted by Gasteiger charge is -2.17. The monoisotopic (exact) mass is 295 g/mol. The van der Waals surface area contributed by atoms with Gasteiger partial charge in [0.2, 0.25) is 0 Å². The van der Waals surface area contributed by atoms with Crippen molar-refractivity contribution >= 4 is 11.7 Å². The van der Waals surface area contributed by atoms with Crippen molar-refractivity contribution in [3.63, 3.8) is 0 Å². The molecule has 0 unspecified atom stereocenters. The molecule has 1 aliphatic carbocycles. The second-order valence-electron chi connectivity index (χ2n) is 3.90. The van der Waals surface area contributed by atoms with Crippen molar-refractivity contribution in [2.24, 2.45) is 10.9 Å². The van der Waals surface area contributed by atoms with Gasteiger partial charge >= 0.3 is 0 Å². The summed E-state index contributed by atoms with van der Waals surface area (Å²) >= 11 is 0. The lowest BCUT2D eigenvalue weighted by molar-refractivity contribution is 0.305. The van der Waals surface area contributed by atoms with Crippen molar-refractivity contribution in [3.8, 4) is 0 Å². The summed E-state index contributed by atoms with van der Waals surface area (Å²) in [6.45, 7) is 4.00. The van der Waals surface area contributed by atoms with Crippen LogP contribution in [0.25, 0.3) is 0 Å². The first-order chi connectivity index (χ1) is 10.1. The van der Waals surface area contributed by atoms with Gasteiger partial charge in [0.05, 0.1) is 0 Å². The molecular formula is C13H18FN5O2. The zero-order valence-corrected chi connectivity index (χ0v) is 11.9. The summed E-state index contributed by atoms with van der Waals surface area (Å²) in [5.41, 5.74) is 12.8. The van der Waals surface area contributed by atoms with E-state index in [0.717, 1.165) is 12.8 Å². The number of benzene rings is 1.